The SMILES string of the molecule is CCCCCCCCOC(CCCCCCN(CCO)CCCCCCCC(=O)OCCCCC)OCCCCCCCC. The molecule has 0 saturated carbocycles. The molecule has 6 heteroatoms. The highest BCUT2D eigenvalue weighted by Crippen LogP contribution is 2.14. The fourth-order valence-corrected chi connectivity index (χ4v) is 5.63. The van der Waals surface area contributed by atoms with Gasteiger partial charge in [-0.3, -0.25) is 4.79 Å². The van der Waals surface area contributed by atoms with Crippen LogP contribution in [-0.4, -0.2) is 68.3 Å². The molecule has 0 aromatic carbocycles. The van der Waals surface area contributed by atoms with E-state index in [1.54, 1.807) is 0 Å². The third-order valence-corrected chi connectivity index (χ3v) is 8.55. The number of esters is 1. The summed E-state index contributed by atoms with van der Waals surface area (Å²) in [6, 6.07) is 0. The highest BCUT2D eigenvalue weighted by molar-refractivity contribution is 5.69. The molecule has 0 aromatic heterocycles. The lowest BCUT2D eigenvalue weighted by Gasteiger charge is -2.21. The number of unbranched alkanes of at least 4 members (excludes halogenated alkanes) is 19. The highest BCUT2D eigenvalue weighted by Gasteiger charge is 2.10. The first-order valence-corrected chi connectivity index (χ1v) is 19.4. The minimum absolute atomic E-state index is 0.0351. The normalized spacial score (nSPS) is 11.7. The molecule has 0 amide bonds. The molecule has 0 rings (SSSR count). The number of carbonyl (C=O) groups excluding carboxylic acids is 1. The summed E-state index contributed by atoms with van der Waals surface area (Å²) in [5, 5.41) is 9.53. The van der Waals surface area contributed by atoms with E-state index in [2.05, 4.69) is 25.7 Å². The van der Waals surface area contributed by atoms with Gasteiger partial charge in [0.15, 0.2) is 6.29 Å². The summed E-state index contributed by atoms with van der Waals surface area (Å²) in [5.41, 5.74) is 0. The first-order valence-electron chi connectivity index (χ1n) is 19.4. The zero-order valence-electron chi connectivity index (χ0n) is 29.9. The summed E-state index contributed by atoms with van der Waals surface area (Å²) in [4.78, 5) is 14.2. The van der Waals surface area contributed by atoms with Gasteiger partial charge in [0.05, 0.1) is 13.2 Å². The number of carbonyl (C=O) groups is 1. The van der Waals surface area contributed by atoms with Gasteiger partial charge in [-0.1, -0.05) is 130 Å². The summed E-state index contributed by atoms with van der Waals surface area (Å²) in [6.07, 6.45) is 30.6. The molecule has 0 saturated heterocycles. The minimum atomic E-state index is -0.0383. The fourth-order valence-electron chi connectivity index (χ4n) is 5.63. The number of ether oxygens (including phenoxy) is 3. The lowest BCUT2D eigenvalue weighted by Crippen LogP contribution is -2.29. The van der Waals surface area contributed by atoms with E-state index >= 15 is 0 Å². The highest BCUT2D eigenvalue weighted by atomic mass is 16.7. The molecular formula is C38H77NO5. The lowest BCUT2D eigenvalue weighted by atomic mass is 10.1. The van der Waals surface area contributed by atoms with Crippen molar-refractivity contribution in [3.05, 3.63) is 0 Å². The Morgan fingerprint density at radius 1 is 0.523 bits per heavy atom. The zero-order chi connectivity index (χ0) is 32.2. The van der Waals surface area contributed by atoms with Crippen LogP contribution in [0.3, 0.4) is 0 Å². The van der Waals surface area contributed by atoms with Gasteiger partial charge in [-0.15, -0.1) is 0 Å². The lowest BCUT2D eigenvalue weighted by molar-refractivity contribution is -0.148. The van der Waals surface area contributed by atoms with E-state index in [9.17, 15) is 9.90 Å². The summed E-state index contributed by atoms with van der Waals surface area (Å²) in [7, 11) is 0. The zero-order valence-corrected chi connectivity index (χ0v) is 29.9. The van der Waals surface area contributed by atoms with Crippen molar-refractivity contribution in [2.75, 3.05) is 46.1 Å². The third-order valence-electron chi connectivity index (χ3n) is 8.55. The van der Waals surface area contributed by atoms with E-state index in [0.717, 1.165) is 97.1 Å². The minimum Gasteiger partial charge on any atom is -0.466 e. The van der Waals surface area contributed by atoms with Crippen molar-refractivity contribution in [2.45, 2.75) is 194 Å². The van der Waals surface area contributed by atoms with Crippen molar-refractivity contribution in [2.24, 2.45) is 0 Å². The molecule has 0 aliphatic carbocycles. The van der Waals surface area contributed by atoms with Crippen molar-refractivity contribution in [3.8, 4) is 0 Å². The molecule has 264 valence electrons. The number of hydrogen-bond acceptors (Lipinski definition) is 6. The van der Waals surface area contributed by atoms with Gasteiger partial charge in [0.1, 0.15) is 0 Å². The molecule has 0 radical (unpaired) electrons. The Balaban J connectivity index is 4.03. The predicted molar refractivity (Wildman–Crippen MR) is 187 cm³/mol. The maximum Gasteiger partial charge on any atom is 0.305 e. The van der Waals surface area contributed by atoms with Crippen molar-refractivity contribution in [1.82, 2.24) is 4.90 Å². The number of rotatable bonds is 37. The molecule has 0 atom stereocenters. The van der Waals surface area contributed by atoms with Crippen LogP contribution in [0.4, 0.5) is 0 Å². The first kappa shape index (κ1) is 43.3. The molecule has 1 N–H and O–H groups in total. The van der Waals surface area contributed by atoms with Crippen LogP contribution in [-0.2, 0) is 19.0 Å². The number of hydrogen-bond donors (Lipinski definition) is 1. The predicted octanol–water partition coefficient (Wildman–Crippen LogP) is 10.4. The van der Waals surface area contributed by atoms with Crippen molar-refractivity contribution in [1.29, 1.82) is 0 Å². The molecule has 0 bridgehead atoms. The van der Waals surface area contributed by atoms with E-state index in [-0.39, 0.29) is 18.9 Å². The van der Waals surface area contributed by atoms with Crippen molar-refractivity contribution < 1.29 is 24.1 Å². The Bertz CT molecular complexity index is 543. The maximum atomic E-state index is 11.8. The molecule has 0 aliphatic rings. The summed E-state index contributed by atoms with van der Waals surface area (Å²) >= 11 is 0. The van der Waals surface area contributed by atoms with Gasteiger partial charge in [-0.25, -0.2) is 0 Å². The third kappa shape index (κ3) is 32.7. The fraction of sp³-hybridized carbons (Fsp3) is 0.974. The Morgan fingerprint density at radius 3 is 1.50 bits per heavy atom. The molecule has 0 fully saturated rings. The van der Waals surface area contributed by atoms with Crippen LogP contribution >= 0.6 is 0 Å². The van der Waals surface area contributed by atoms with Gasteiger partial charge in [0, 0.05) is 26.2 Å². The molecule has 6 nitrogen and oxygen atoms in total. The second kappa shape index (κ2) is 36.8. The quantitative estimate of drug-likeness (QED) is 0.0420. The summed E-state index contributed by atoms with van der Waals surface area (Å²) < 4.78 is 17.7. The standard InChI is InChI=1S/C38H77NO5/c1-4-7-10-12-19-26-35-43-38(44-36-27-20-13-11-8-5-2)29-22-16-18-24-31-39(32-33-40)30-23-17-14-15-21-28-37(41)42-34-25-9-6-3/h38,40H,4-36H2,1-3H3. The van der Waals surface area contributed by atoms with Crippen LogP contribution in [0.25, 0.3) is 0 Å². The monoisotopic (exact) mass is 628 g/mol. The molecule has 44 heavy (non-hydrogen) atoms. The number of aliphatic hydroxyl groups excluding tert-OH is 1. The molecule has 0 unspecified atom stereocenters. The average Bonchev–Trinajstić information content (AvgIpc) is 3.02. The van der Waals surface area contributed by atoms with E-state index in [0.29, 0.717) is 13.0 Å². The molecule has 0 aliphatic heterocycles. The van der Waals surface area contributed by atoms with Gasteiger partial charge in [0.2, 0.25) is 0 Å². The smallest absolute Gasteiger partial charge is 0.305 e. The Morgan fingerprint density at radius 2 is 0.955 bits per heavy atom. The van der Waals surface area contributed by atoms with Crippen LogP contribution in [0.15, 0.2) is 0 Å². The van der Waals surface area contributed by atoms with Crippen LogP contribution in [0, 0.1) is 0 Å². The first-order chi connectivity index (χ1) is 21.7. The van der Waals surface area contributed by atoms with E-state index in [4.69, 9.17) is 14.2 Å². The Labute approximate surface area is 274 Å². The van der Waals surface area contributed by atoms with Crippen molar-refractivity contribution in [3.63, 3.8) is 0 Å². The largest absolute Gasteiger partial charge is 0.466 e. The van der Waals surface area contributed by atoms with E-state index in [1.165, 1.54) is 96.3 Å². The van der Waals surface area contributed by atoms with Gasteiger partial charge < -0.3 is 24.2 Å². The van der Waals surface area contributed by atoms with Crippen molar-refractivity contribution >= 4 is 5.97 Å². The number of aliphatic hydroxyl groups is 1. The Kier molecular flexibility index (Phi) is 36.2. The molecule has 0 aromatic rings. The maximum absolute atomic E-state index is 11.8. The van der Waals surface area contributed by atoms with Gasteiger partial charge >= 0.3 is 5.97 Å². The number of nitrogens with zero attached hydrogens (tertiary/aromatic N) is 1. The summed E-state index contributed by atoms with van der Waals surface area (Å²) in [5.74, 6) is -0.0351. The van der Waals surface area contributed by atoms with Crippen LogP contribution < -0.4 is 0 Å². The van der Waals surface area contributed by atoms with Crippen LogP contribution in [0.1, 0.15) is 188 Å². The van der Waals surface area contributed by atoms with Crippen LogP contribution in [0.5, 0.6) is 0 Å². The summed E-state index contributed by atoms with van der Waals surface area (Å²) in [6.45, 7) is 12.0. The van der Waals surface area contributed by atoms with E-state index < -0.39 is 0 Å². The average molecular weight is 628 g/mol. The second-order valence-corrected chi connectivity index (χ2v) is 12.9. The van der Waals surface area contributed by atoms with Crippen LogP contribution in [0.2, 0.25) is 0 Å². The molecule has 0 heterocycles. The second-order valence-electron chi connectivity index (χ2n) is 12.9. The molecular weight excluding hydrogens is 550 g/mol. The van der Waals surface area contributed by atoms with E-state index in [1.807, 2.05) is 0 Å². The van der Waals surface area contributed by atoms with Gasteiger partial charge in [-0.05, 0) is 64.5 Å². The molecule has 0 spiro atoms. The Hall–Kier alpha value is -0.690. The van der Waals surface area contributed by atoms with Gasteiger partial charge in [-0.2, -0.15) is 0 Å². The topological polar surface area (TPSA) is 68.2 Å². The van der Waals surface area contributed by atoms with Gasteiger partial charge in [0.25, 0.3) is 0 Å².